The molecule has 0 spiro atoms. The number of quaternary nitrogens is 1. The highest BCUT2D eigenvalue weighted by molar-refractivity contribution is 5.95. The van der Waals surface area contributed by atoms with Crippen LogP contribution in [0.15, 0.2) is 23.7 Å². The molecule has 2 fully saturated rings. The van der Waals surface area contributed by atoms with Crippen LogP contribution in [0.25, 0.3) is 0 Å². The van der Waals surface area contributed by atoms with Crippen LogP contribution in [0.5, 0.6) is 0 Å². The molecule has 2 aromatic heterocycles. The summed E-state index contributed by atoms with van der Waals surface area (Å²) in [4.78, 5) is 56.6. The highest BCUT2D eigenvalue weighted by Gasteiger charge is 2.65. The zero-order valence-electron chi connectivity index (χ0n) is 29.9. The number of aromatic nitrogens is 4. The van der Waals surface area contributed by atoms with E-state index in [1.54, 1.807) is 60.3 Å². The number of carbonyl (C=O) groups is 3. The molecule has 3 aliphatic heterocycles. The Kier molecular flexibility index (Phi) is 11.7. The first-order valence-corrected chi connectivity index (χ1v) is 17.3. The maximum atomic E-state index is 13.0. The van der Waals surface area contributed by atoms with Crippen molar-refractivity contribution in [2.24, 2.45) is 22.7 Å². The lowest BCUT2D eigenvalue weighted by molar-refractivity contribution is -0.164. The highest BCUT2D eigenvalue weighted by atomic mass is 16.6. The molecule has 2 saturated heterocycles. The lowest BCUT2D eigenvalue weighted by atomic mass is 10.1. The number of anilines is 2. The number of aliphatic hydroxyl groups excluding tert-OH is 3. The van der Waals surface area contributed by atoms with Gasteiger partial charge in [0.15, 0.2) is 23.7 Å². The van der Waals surface area contributed by atoms with Crippen molar-refractivity contribution in [2.45, 2.75) is 110 Å². The van der Waals surface area contributed by atoms with Gasteiger partial charge in [-0.3, -0.25) is 19.7 Å². The van der Waals surface area contributed by atoms with Crippen LogP contribution in [-0.4, -0.2) is 115 Å². The molecule has 2 aromatic rings. The number of nitrogens with zero attached hydrogens (tertiary/aromatic N) is 6. The minimum absolute atomic E-state index is 0.0558. The summed E-state index contributed by atoms with van der Waals surface area (Å²) in [5.41, 5.74) is 0.225. The van der Waals surface area contributed by atoms with Crippen molar-refractivity contribution in [3.63, 3.8) is 0 Å². The summed E-state index contributed by atoms with van der Waals surface area (Å²) < 4.78 is 25.2. The van der Waals surface area contributed by atoms with E-state index < -0.39 is 83.8 Å². The molecule has 3 aliphatic rings. The van der Waals surface area contributed by atoms with Gasteiger partial charge in [0.1, 0.15) is 25.0 Å². The fraction of sp³-hybridized carbons (Fsp3) is 0.667. The predicted molar refractivity (Wildman–Crippen MR) is 182 cm³/mol. The summed E-state index contributed by atoms with van der Waals surface area (Å²) in [5.74, 6) is -2.67. The van der Waals surface area contributed by atoms with Crippen molar-refractivity contribution in [1.82, 2.24) is 24.0 Å². The average Bonchev–Trinajstić information content (AvgIpc) is 3.89. The van der Waals surface area contributed by atoms with Gasteiger partial charge >= 0.3 is 11.9 Å². The lowest BCUT2D eigenvalue weighted by Gasteiger charge is -2.39. The van der Waals surface area contributed by atoms with Gasteiger partial charge in [-0.05, 0) is 6.42 Å². The molecular formula is C33H49N8O10+. The second kappa shape index (κ2) is 15.7. The van der Waals surface area contributed by atoms with Gasteiger partial charge in [-0.1, -0.05) is 48.5 Å². The molecule has 0 radical (unpaired) electrons. The van der Waals surface area contributed by atoms with Crippen molar-refractivity contribution < 1.29 is 48.7 Å². The molecular weight excluding hydrogens is 668 g/mol. The van der Waals surface area contributed by atoms with Gasteiger partial charge in [0.05, 0.1) is 37.3 Å². The Bertz CT molecular complexity index is 1590. The second-order valence-corrected chi connectivity index (χ2v) is 13.9. The minimum atomic E-state index is -1.57. The van der Waals surface area contributed by atoms with Gasteiger partial charge in [-0.2, -0.15) is 19.4 Å². The lowest BCUT2D eigenvalue weighted by Crippen LogP contribution is -2.65. The van der Waals surface area contributed by atoms with Gasteiger partial charge in [0.2, 0.25) is 30.6 Å². The van der Waals surface area contributed by atoms with Gasteiger partial charge in [-0.15, -0.1) is 0 Å². The Hall–Kier alpha value is -4.07. The molecule has 0 bridgehead atoms. The van der Waals surface area contributed by atoms with Crippen LogP contribution in [0.4, 0.5) is 23.3 Å². The standard InChI is InChI=1S/C33H48N8O10/c1-8-22(40-10-9-34-14-40)36-27-24-28(38-33(37-27)39-29(45)16(2)3)41(15-35-24,23-11-19(43)20(12-42)49-23)30-25(44)26(51-32(47)18(6)7)21(50-30)13-48-31(46)17(4)5/h9-10,14-23,25-26,30,42-44H,8,11-13H2,1-7H3,(H-,36,37,38,39,45)/p+1/t19-,20+,21+,22?,23-,25+,26+,30+,41?/m0/s1. The van der Waals surface area contributed by atoms with E-state index in [9.17, 15) is 29.7 Å². The van der Waals surface area contributed by atoms with E-state index in [1.807, 2.05) is 11.5 Å². The quantitative estimate of drug-likeness (QED) is 0.138. The fourth-order valence-corrected chi connectivity index (χ4v) is 6.11. The van der Waals surface area contributed by atoms with Crippen molar-refractivity contribution in [2.75, 3.05) is 23.8 Å². The SMILES string of the molecule is CCC(Nc1nc(NC(=O)C(C)C)nc2c1N=C[N+]2([C@@H]1C[C@H](O)[C@@H](CO)O1)[C@@H]1O[C@H](COC(=O)C(C)C)[C@@H](OC(=O)C(C)C)[C@H]1O)n1ccnc1. The number of rotatable bonds is 14. The van der Waals surface area contributed by atoms with Crippen LogP contribution in [0, 0.1) is 17.8 Å². The maximum Gasteiger partial charge on any atom is 0.308 e. The minimum Gasteiger partial charge on any atom is -0.463 e. The molecule has 0 saturated carbocycles. The Labute approximate surface area is 295 Å². The zero-order valence-corrected chi connectivity index (χ0v) is 29.9. The second-order valence-electron chi connectivity index (χ2n) is 13.9. The first-order chi connectivity index (χ1) is 24.2. The monoisotopic (exact) mass is 717 g/mol. The Morgan fingerprint density at radius 2 is 1.76 bits per heavy atom. The number of hydrogen-bond acceptors (Lipinski definition) is 15. The van der Waals surface area contributed by atoms with E-state index in [4.69, 9.17) is 28.9 Å². The number of amides is 1. The average molecular weight is 718 g/mol. The highest BCUT2D eigenvalue weighted by Crippen LogP contribution is 2.50. The summed E-state index contributed by atoms with van der Waals surface area (Å²) in [5, 5.41) is 39.2. The van der Waals surface area contributed by atoms with Crippen molar-refractivity contribution in [3.05, 3.63) is 18.7 Å². The summed E-state index contributed by atoms with van der Waals surface area (Å²) in [6, 6.07) is 0. The molecule has 5 heterocycles. The predicted octanol–water partition coefficient (Wildman–Crippen LogP) is 1.59. The molecule has 0 aliphatic carbocycles. The van der Waals surface area contributed by atoms with E-state index in [-0.39, 0.29) is 48.4 Å². The van der Waals surface area contributed by atoms with Gasteiger partial charge in [0, 0.05) is 18.3 Å². The van der Waals surface area contributed by atoms with Gasteiger partial charge in [0.25, 0.3) is 5.82 Å². The van der Waals surface area contributed by atoms with Crippen LogP contribution in [0.3, 0.4) is 0 Å². The molecule has 0 aromatic carbocycles. The molecule has 5 rings (SSSR count). The molecule has 18 heteroatoms. The van der Waals surface area contributed by atoms with E-state index >= 15 is 0 Å². The number of aliphatic imine (C=N–C) groups is 1. The third kappa shape index (κ3) is 7.61. The number of esters is 2. The maximum absolute atomic E-state index is 13.0. The largest absolute Gasteiger partial charge is 0.463 e. The molecule has 1 amide bonds. The zero-order chi connectivity index (χ0) is 37.2. The van der Waals surface area contributed by atoms with Gasteiger partial charge < -0.3 is 44.2 Å². The number of aliphatic hydroxyl groups is 3. The van der Waals surface area contributed by atoms with Crippen molar-refractivity contribution in [1.29, 1.82) is 0 Å². The Morgan fingerprint density at radius 3 is 2.35 bits per heavy atom. The Balaban J connectivity index is 1.66. The Morgan fingerprint density at radius 1 is 1.04 bits per heavy atom. The number of nitrogens with one attached hydrogen (secondary N) is 2. The molecule has 9 atom stereocenters. The third-order valence-corrected chi connectivity index (χ3v) is 9.12. The number of imidazole rings is 1. The first-order valence-electron chi connectivity index (χ1n) is 17.3. The number of carbonyl (C=O) groups excluding carboxylic acids is 3. The summed E-state index contributed by atoms with van der Waals surface area (Å²) >= 11 is 0. The molecule has 2 unspecified atom stereocenters. The summed E-state index contributed by atoms with van der Waals surface area (Å²) in [6.45, 7) is 11.1. The molecule has 51 heavy (non-hydrogen) atoms. The molecule has 5 N–H and O–H groups in total. The normalized spacial score (nSPS) is 29.1. The molecule has 18 nitrogen and oxygen atoms in total. The number of hydrogen-bond donors (Lipinski definition) is 5. The first kappa shape index (κ1) is 38.2. The van der Waals surface area contributed by atoms with Crippen LogP contribution >= 0.6 is 0 Å². The van der Waals surface area contributed by atoms with Crippen LogP contribution in [-0.2, 0) is 33.3 Å². The topological polar surface area (TPSA) is 229 Å². The van der Waals surface area contributed by atoms with Crippen LogP contribution < -0.4 is 15.1 Å². The summed E-state index contributed by atoms with van der Waals surface area (Å²) in [7, 11) is 0. The van der Waals surface area contributed by atoms with Crippen LogP contribution in [0.1, 0.15) is 67.5 Å². The van der Waals surface area contributed by atoms with Crippen molar-refractivity contribution in [3.8, 4) is 0 Å². The van der Waals surface area contributed by atoms with E-state index in [1.165, 1.54) is 6.34 Å². The van der Waals surface area contributed by atoms with Crippen molar-refractivity contribution >= 4 is 47.5 Å². The van der Waals surface area contributed by atoms with E-state index in [0.29, 0.717) is 6.42 Å². The smallest absolute Gasteiger partial charge is 0.308 e. The van der Waals surface area contributed by atoms with Gasteiger partial charge in [-0.25, -0.2) is 4.98 Å². The fourth-order valence-electron chi connectivity index (χ4n) is 6.11. The third-order valence-electron chi connectivity index (χ3n) is 9.12. The van der Waals surface area contributed by atoms with E-state index in [2.05, 4.69) is 20.6 Å². The molecule has 280 valence electrons. The number of ether oxygens (including phenoxy) is 4. The number of fused-ring (bicyclic) bond motifs is 1. The van der Waals surface area contributed by atoms with E-state index in [0.717, 1.165) is 0 Å². The summed E-state index contributed by atoms with van der Waals surface area (Å²) in [6.07, 6.45) is -1.87. The van der Waals surface area contributed by atoms with Crippen LogP contribution in [0.2, 0.25) is 0 Å².